The Hall–Kier alpha value is -1.55. The fourth-order valence-corrected chi connectivity index (χ4v) is 2.99. The van der Waals surface area contributed by atoms with Crippen LogP contribution in [0.1, 0.15) is 31.7 Å². The van der Waals surface area contributed by atoms with Crippen LogP contribution in [0.25, 0.3) is 0 Å². The van der Waals surface area contributed by atoms with Gasteiger partial charge < -0.3 is 15.4 Å². The molecule has 1 aliphatic rings. The average Bonchev–Trinajstić information content (AvgIpc) is 2.54. The molecular formula is C17H26N2O2. The summed E-state index contributed by atoms with van der Waals surface area (Å²) in [5.41, 5.74) is 1.02. The number of carbonyl (C=O) groups excluding carboxylic acids is 1. The van der Waals surface area contributed by atoms with Gasteiger partial charge in [0.1, 0.15) is 5.75 Å². The fourth-order valence-electron chi connectivity index (χ4n) is 2.99. The minimum atomic E-state index is 0.131. The molecule has 2 N–H and O–H groups in total. The van der Waals surface area contributed by atoms with Crippen molar-refractivity contribution in [3.05, 3.63) is 29.8 Å². The predicted octanol–water partition coefficient (Wildman–Crippen LogP) is 2.34. The zero-order chi connectivity index (χ0) is 15.1. The van der Waals surface area contributed by atoms with Crippen LogP contribution in [0.4, 0.5) is 0 Å². The summed E-state index contributed by atoms with van der Waals surface area (Å²) in [5, 5.41) is 6.38. The first-order chi connectivity index (χ1) is 10.2. The highest BCUT2D eigenvalue weighted by Crippen LogP contribution is 2.24. The van der Waals surface area contributed by atoms with Crippen molar-refractivity contribution in [2.45, 2.75) is 32.7 Å². The lowest BCUT2D eigenvalue weighted by molar-refractivity contribution is -0.122. The summed E-state index contributed by atoms with van der Waals surface area (Å²) in [4.78, 5) is 12.1. The largest absolute Gasteiger partial charge is 0.496 e. The summed E-state index contributed by atoms with van der Waals surface area (Å²) in [5.74, 6) is 2.07. The normalized spacial score (nSPS) is 17.2. The Morgan fingerprint density at radius 2 is 2.10 bits per heavy atom. The number of rotatable bonds is 6. The smallest absolute Gasteiger partial charge is 0.220 e. The molecule has 1 amide bonds. The van der Waals surface area contributed by atoms with Gasteiger partial charge in [-0.05, 0) is 43.8 Å². The van der Waals surface area contributed by atoms with Gasteiger partial charge in [0.05, 0.1) is 7.11 Å². The summed E-state index contributed by atoms with van der Waals surface area (Å²) in [7, 11) is 1.65. The van der Waals surface area contributed by atoms with Gasteiger partial charge >= 0.3 is 0 Å². The highest BCUT2D eigenvalue weighted by Gasteiger charge is 2.21. The van der Waals surface area contributed by atoms with Gasteiger partial charge in [-0.1, -0.05) is 25.1 Å². The molecule has 116 valence electrons. The maximum atomic E-state index is 12.1. The average molecular weight is 290 g/mol. The van der Waals surface area contributed by atoms with E-state index in [4.69, 9.17) is 4.74 Å². The number of amides is 1. The Labute approximate surface area is 127 Å². The summed E-state index contributed by atoms with van der Waals surface area (Å²) < 4.78 is 5.30. The van der Waals surface area contributed by atoms with Gasteiger partial charge in [-0.15, -0.1) is 0 Å². The standard InChI is InChI=1S/C17H26N2O2/c1-13(14-7-9-18-10-8-14)11-17(20)19-12-15-5-3-4-6-16(15)21-2/h3-6,13-14,18H,7-12H2,1-2H3,(H,19,20). The van der Waals surface area contributed by atoms with Crippen LogP contribution < -0.4 is 15.4 Å². The third-order valence-electron chi connectivity index (χ3n) is 4.36. The number of hydrogen-bond donors (Lipinski definition) is 2. The van der Waals surface area contributed by atoms with Crippen LogP contribution in [0, 0.1) is 11.8 Å². The minimum absolute atomic E-state index is 0.131. The number of carbonyl (C=O) groups is 1. The number of para-hydroxylation sites is 1. The van der Waals surface area contributed by atoms with Gasteiger partial charge in [-0.2, -0.15) is 0 Å². The van der Waals surface area contributed by atoms with Crippen LogP contribution in [-0.4, -0.2) is 26.1 Å². The van der Waals surface area contributed by atoms with Crippen LogP contribution in [0.5, 0.6) is 5.75 Å². The van der Waals surface area contributed by atoms with E-state index in [1.54, 1.807) is 7.11 Å². The lowest BCUT2D eigenvalue weighted by atomic mass is 9.84. The number of benzene rings is 1. The molecule has 1 aromatic rings. The van der Waals surface area contributed by atoms with Crippen LogP contribution in [0.15, 0.2) is 24.3 Å². The van der Waals surface area contributed by atoms with E-state index in [2.05, 4.69) is 17.6 Å². The van der Waals surface area contributed by atoms with Crippen molar-refractivity contribution >= 4 is 5.91 Å². The summed E-state index contributed by atoms with van der Waals surface area (Å²) in [6, 6.07) is 7.79. The Kier molecular flexibility index (Phi) is 6.05. The van der Waals surface area contributed by atoms with Crippen LogP contribution in [0.2, 0.25) is 0 Å². The molecule has 4 heteroatoms. The number of hydrogen-bond acceptors (Lipinski definition) is 3. The zero-order valence-electron chi connectivity index (χ0n) is 13.0. The molecule has 1 unspecified atom stereocenters. The van der Waals surface area contributed by atoms with Crippen molar-refractivity contribution in [1.29, 1.82) is 0 Å². The molecule has 1 atom stereocenters. The minimum Gasteiger partial charge on any atom is -0.496 e. The molecular weight excluding hydrogens is 264 g/mol. The van der Waals surface area contributed by atoms with Gasteiger partial charge in [-0.3, -0.25) is 4.79 Å². The third-order valence-corrected chi connectivity index (χ3v) is 4.36. The predicted molar refractivity (Wildman–Crippen MR) is 84.2 cm³/mol. The topological polar surface area (TPSA) is 50.4 Å². The van der Waals surface area contributed by atoms with Crippen LogP contribution in [0.3, 0.4) is 0 Å². The van der Waals surface area contributed by atoms with E-state index < -0.39 is 0 Å². The van der Waals surface area contributed by atoms with Gasteiger partial charge in [0.2, 0.25) is 5.91 Å². The fraction of sp³-hybridized carbons (Fsp3) is 0.588. The van der Waals surface area contributed by atoms with Crippen molar-refractivity contribution in [2.75, 3.05) is 20.2 Å². The quantitative estimate of drug-likeness (QED) is 0.845. The Balaban J connectivity index is 1.78. The van der Waals surface area contributed by atoms with Crippen LogP contribution >= 0.6 is 0 Å². The van der Waals surface area contributed by atoms with E-state index in [1.807, 2.05) is 24.3 Å². The molecule has 0 radical (unpaired) electrons. The second-order valence-corrected chi connectivity index (χ2v) is 5.86. The third kappa shape index (κ3) is 4.74. The SMILES string of the molecule is COc1ccccc1CNC(=O)CC(C)C1CCNCC1. The van der Waals surface area contributed by atoms with Crippen LogP contribution in [-0.2, 0) is 11.3 Å². The van der Waals surface area contributed by atoms with Crippen molar-refractivity contribution in [3.63, 3.8) is 0 Å². The van der Waals surface area contributed by atoms with Crippen molar-refractivity contribution in [3.8, 4) is 5.75 Å². The van der Waals surface area contributed by atoms with E-state index in [0.717, 1.165) is 24.4 Å². The number of piperidine rings is 1. The molecule has 1 fully saturated rings. The molecule has 0 saturated carbocycles. The maximum Gasteiger partial charge on any atom is 0.220 e. The maximum absolute atomic E-state index is 12.1. The van der Waals surface area contributed by atoms with E-state index in [0.29, 0.717) is 24.8 Å². The second-order valence-electron chi connectivity index (χ2n) is 5.86. The van der Waals surface area contributed by atoms with E-state index >= 15 is 0 Å². The summed E-state index contributed by atoms with van der Waals surface area (Å²) in [6.45, 7) is 4.89. The highest BCUT2D eigenvalue weighted by atomic mass is 16.5. The van der Waals surface area contributed by atoms with Gasteiger partial charge in [-0.25, -0.2) is 0 Å². The Bertz CT molecular complexity index is 456. The first kappa shape index (κ1) is 15.8. The molecule has 21 heavy (non-hydrogen) atoms. The number of ether oxygens (including phenoxy) is 1. The van der Waals surface area contributed by atoms with Crippen molar-refractivity contribution < 1.29 is 9.53 Å². The first-order valence-corrected chi connectivity index (χ1v) is 7.80. The molecule has 0 spiro atoms. The number of methoxy groups -OCH3 is 1. The second kappa shape index (κ2) is 8.03. The zero-order valence-corrected chi connectivity index (χ0v) is 13.0. The molecule has 0 aliphatic carbocycles. The number of nitrogens with one attached hydrogen (secondary N) is 2. The molecule has 1 heterocycles. The first-order valence-electron chi connectivity index (χ1n) is 7.80. The lowest BCUT2D eigenvalue weighted by Gasteiger charge is -2.27. The Morgan fingerprint density at radius 1 is 1.38 bits per heavy atom. The monoisotopic (exact) mass is 290 g/mol. The van der Waals surface area contributed by atoms with Gasteiger partial charge in [0, 0.05) is 18.5 Å². The lowest BCUT2D eigenvalue weighted by Crippen LogP contribution is -2.33. The van der Waals surface area contributed by atoms with E-state index in [-0.39, 0.29) is 5.91 Å². The molecule has 1 aliphatic heterocycles. The molecule has 1 aromatic carbocycles. The molecule has 0 aromatic heterocycles. The van der Waals surface area contributed by atoms with Crippen molar-refractivity contribution in [2.24, 2.45) is 11.8 Å². The van der Waals surface area contributed by atoms with E-state index in [1.165, 1.54) is 12.8 Å². The molecule has 0 bridgehead atoms. The van der Waals surface area contributed by atoms with Gasteiger partial charge in [0.15, 0.2) is 0 Å². The molecule has 4 nitrogen and oxygen atoms in total. The summed E-state index contributed by atoms with van der Waals surface area (Å²) in [6.07, 6.45) is 2.97. The van der Waals surface area contributed by atoms with E-state index in [9.17, 15) is 4.79 Å². The van der Waals surface area contributed by atoms with Crippen molar-refractivity contribution in [1.82, 2.24) is 10.6 Å². The van der Waals surface area contributed by atoms with Gasteiger partial charge in [0.25, 0.3) is 0 Å². The summed E-state index contributed by atoms with van der Waals surface area (Å²) >= 11 is 0. The highest BCUT2D eigenvalue weighted by molar-refractivity contribution is 5.76. The molecule has 2 rings (SSSR count). The Morgan fingerprint density at radius 3 is 2.81 bits per heavy atom. The molecule has 1 saturated heterocycles.